The van der Waals surface area contributed by atoms with Gasteiger partial charge in [-0.15, -0.1) is 0 Å². The van der Waals surface area contributed by atoms with Gasteiger partial charge in [0.1, 0.15) is 10.7 Å². The van der Waals surface area contributed by atoms with Crippen LogP contribution in [0.2, 0.25) is 5.02 Å². The summed E-state index contributed by atoms with van der Waals surface area (Å²) in [6, 6.07) is 7.86. The Morgan fingerprint density at radius 2 is 1.97 bits per heavy atom. The predicted molar refractivity (Wildman–Crippen MR) is 106 cm³/mol. The molecule has 1 aliphatic rings. The number of sulfonamides is 1. The second kappa shape index (κ2) is 8.62. The Hall–Kier alpha value is -2.27. The van der Waals surface area contributed by atoms with Crippen molar-refractivity contribution in [2.75, 3.05) is 38.3 Å². The van der Waals surface area contributed by atoms with Crippen molar-refractivity contribution in [2.45, 2.75) is 11.4 Å². The van der Waals surface area contributed by atoms with Gasteiger partial charge in [0, 0.05) is 49.4 Å². The highest BCUT2D eigenvalue weighted by Gasteiger charge is 2.31. The molecule has 1 aliphatic heterocycles. The van der Waals surface area contributed by atoms with E-state index in [0.717, 1.165) is 6.07 Å². The molecule has 1 saturated heterocycles. The number of nitro benzene ring substituents is 1. The van der Waals surface area contributed by atoms with E-state index < -0.39 is 20.8 Å². The van der Waals surface area contributed by atoms with Gasteiger partial charge >= 0.3 is 0 Å². The summed E-state index contributed by atoms with van der Waals surface area (Å²) < 4.78 is 47.0. The molecule has 0 N–H and O–H groups in total. The van der Waals surface area contributed by atoms with E-state index in [1.165, 1.54) is 39.5 Å². The number of nitrogens with zero attached hydrogens (tertiary/aromatic N) is 3. The fourth-order valence-electron chi connectivity index (χ4n) is 3.07. The van der Waals surface area contributed by atoms with Crippen molar-refractivity contribution < 1.29 is 22.5 Å². The van der Waals surface area contributed by atoms with Crippen molar-refractivity contribution in [2.24, 2.45) is 0 Å². The first-order valence-electron chi connectivity index (χ1n) is 8.72. The van der Waals surface area contributed by atoms with Gasteiger partial charge in [0.05, 0.1) is 23.8 Å². The van der Waals surface area contributed by atoms with Crippen LogP contribution in [0, 0.1) is 15.9 Å². The number of ether oxygens (including phenoxy) is 1. The molecule has 0 amide bonds. The standard InChI is InChI=1S/C18H19ClFN3O5S/c1-21(12-14-15(19)3-2-4-16(14)20)17-6-5-13(23(24)25)11-18(17)29(26,27)22-7-9-28-10-8-22/h2-6,11H,7-10,12H2,1H3. The molecule has 8 nitrogen and oxygen atoms in total. The number of non-ortho nitro benzene ring substituents is 1. The molecular formula is C18H19ClFN3O5S. The smallest absolute Gasteiger partial charge is 0.270 e. The highest BCUT2D eigenvalue weighted by molar-refractivity contribution is 7.89. The van der Waals surface area contributed by atoms with E-state index >= 15 is 0 Å². The summed E-state index contributed by atoms with van der Waals surface area (Å²) in [7, 11) is -2.45. The topological polar surface area (TPSA) is 93.0 Å². The Balaban J connectivity index is 2.05. The summed E-state index contributed by atoms with van der Waals surface area (Å²) in [5.41, 5.74) is 0.0593. The zero-order chi connectivity index (χ0) is 21.2. The van der Waals surface area contributed by atoms with Crippen LogP contribution < -0.4 is 4.90 Å². The number of anilines is 1. The molecule has 2 aromatic carbocycles. The Morgan fingerprint density at radius 1 is 1.28 bits per heavy atom. The van der Waals surface area contributed by atoms with Crippen molar-refractivity contribution in [1.29, 1.82) is 0 Å². The van der Waals surface area contributed by atoms with Crippen LogP contribution in [-0.2, 0) is 21.3 Å². The Kier molecular flexibility index (Phi) is 6.37. The molecule has 0 aliphatic carbocycles. The van der Waals surface area contributed by atoms with Gasteiger partial charge in [-0.1, -0.05) is 17.7 Å². The van der Waals surface area contributed by atoms with Crippen LogP contribution in [-0.4, -0.2) is 51.0 Å². The van der Waals surface area contributed by atoms with Crippen LogP contribution in [0.3, 0.4) is 0 Å². The second-order valence-electron chi connectivity index (χ2n) is 6.48. The molecule has 3 rings (SSSR count). The fourth-order valence-corrected chi connectivity index (χ4v) is 4.96. The van der Waals surface area contributed by atoms with E-state index in [2.05, 4.69) is 0 Å². The molecule has 0 spiro atoms. The molecule has 0 radical (unpaired) electrons. The lowest BCUT2D eigenvalue weighted by Gasteiger charge is -2.29. The average Bonchev–Trinajstić information content (AvgIpc) is 2.71. The van der Waals surface area contributed by atoms with E-state index in [-0.39, 0.29) is 59.7 Å². The average molecular weight is 444 g/mol. The number of nitro groups is 1. The molecule has 29 heavy (non-hydrogen) atoms. The Labute approximate surface area is 172 Å². The van der Waals surface area contributed by atoms with Crippen LogP contribution in [0.1, 0.15) is 5.56 Å². The first-order valence-corrected chi connectivity index (χ1v) is 10.5. The van der Waals surface area contributed by atoms with Crippen LogP contribution in [0.25, 0.3) is 0 Å². The minimum atomic E-state index is -4.03. The van der Waals surface area contributed by atoms with E-state index in [9.17, 15) is 22.9 Å². The van der Waals surface area contributed by atoms with Gasteiger partial charge in [-0.25, -0.2) is 12.8 Å². The number of halogens is 2. The van der Waals surface area contributed by atoms with Crippen LogP contribution in [0.4, 0.5) is 15.8 Å². The molecular weight excluding hydrogens is 425 g/mol. The van der Waals surface area contributed by atoms with Gasteiger partial charge in [0.25, 0.3) is 5.69 Å². The maximum atomic E-state index is 14.2. The van der Waals surface area contributed by atoms with Crippen LogP contribution >= 0.6 is 11.6 Å². The summed E-state index contributed by atoms with van der Waals surface area (Å²) in [6.45, 7) is 0.754. The zero-order valence-electron chi connectivity index (χ0n) is 15.5. The summed E-state index contributed by atoms with van der Waals surface area (Å²) in [5, 5.41) is 11.4. The largest absolute Gasteiger partial charge is 0.379 e. The van der Waals surface area contributed by atoms with E-state index in [1.807, 2.05) is 0 Å². The maximum absolute atomic E-state index is 14.2. The van der Waals surface area contributed by atoms with E-state index in [0.29, 0.717) is 0 Å². The van der Waals surface area contributed by atoms with Crippen molar-refractivity contribution in [1.82, 2.24) is 4.31 Å². The van der Waals surface area contributed by atoms with Gasteiger partial charge in [0.2, 0.25) is 10.0 Å². The van der Waals surface area contributed by atoms with Crippen molar-refractivity contribution in [3.63, 3.8) is 0 Å². The SMILES string of the molecule is CN(Cc1c(F)cccc1Cl)c1ccc([N+](=O)[O-])cc1S(=O)(=O)N1CCOCC1. The van der Waals surface area contributed by atoms with Gasteiger partial charge in [-0.2, -0.15) is 4.31 Å². The number of hydrogen-bond acceptors (Lipinski definition) is 6. The molecule has 0 bridgehead atoms. The lowest BCUT2D eigenvalue weighted by molar-refractivity contribution is -0.385. The summed E-state index contributed by atoms with van der Waals surface area (Å²) in [6.07, 6.45) is 0. The first-order chi connectivity index (χ1) is 13.7. The molecule has 2 aromatic rings. The molecule has 156 valence electrons. The number of rotatable bonds is 6. The third-order valence-corrected chi connectivity index (χ3v) is 6.89. The van der Waals surface area contributed by atoms with Gasteiger partial charge in [-0.3, -0.25) is 10.1 Å². The molecule has 0 aromatic heterocycles. The molecule has 1 fully saturated rings. The predicted octanol–water partition coefficient (Wildman–Crippen LogP) is 3.04. The number of hydrogen-bond donors (Lipinski definition) is 0. The van der Waals surface area contributed by atoms with Gasteiger partial charge in [-0.05, 0) is 18.2 Å². The highest BCUT2D eigenvalue weighted by Crippen LogP contribution is 2.33. The number of benzene rings is 2. The van der Waals surface area contributed by atoms with E-state index in [1.54, 1.807) is 7.05 Å². The Morgan fingerprint density at radius 3 is 2.59 bits per heavy atom. The summed E-state index contributed by atoms with van der Waals surface area (Å²) in [4.78, 5) is 11.8. The summed E-state index contributed by atoms with van der Waals surface area (Å²) in [5.74, 6) is -0.524. The maximum Gasteiger partial charge on any atom is 0.270 e. The van der Waals surface area contributed by atoms with Crippen molar-refractivity contribution >= 4 is 33.0 Å². The first kappa shape index (κ1) is 21.4. The van der Waals surface area contributed by atoms with Crippen LogP contribution in [0.5, 0.6) is 0 Å². The minimum Gasteiger partial charge on any atom is -0.379 e. The second-order valence-corrected chi connectivity index (χ2v) is 8.80. The quantitative estimate of drug-likeness (QED) is 0.503. The molecule has 1 heterocycles. The molecule has 0 saturated carbocycles. The van der Waals surface area contributed by atoms with Gasteiger partial charge < -0.3 is 9.64 Å². The Bertz CT molecular complexity index is 1010. The zero-order valence-corrected chi connectivity index (χ0v) is 17.1. The van der Waals surface area contributed by atoms with Crippen molar-refractivity contribution in [3.8, 4) is 0 Å². The fraction of sp³-hybridized carbons (Fsp3) is 0.333. The highest BCUT2D eigenvalue weighted by atomic mass is 35.5. The molecule has 0 atom stereocenters. The third-order valence-electron chi connectivity index (χ3n) is 4.61. The molecule has 11 heteroatoms. The monoisotopic (exact) mass is 443 g/mol. The van der Waals surface area contributed by atoms with Gasteiger partial charge in [0.15, 0.2) is 0 Å². The molecule has 0 unspecified atom stereocenters. The van der Waals surface area contributed by atoms with Crippen LogP contribution in [0.15, 0.2) is 41.3 Å². The third kappa shape index (κ3) is 4.50. The van der Waals surface area contributed by atoms with E-state index in [4.69, 9.17) is 16.3 Å². The van der Waals surface area contributed by atoms with Crippen molar-refractivity contribution in [3.05, 3.63) is 62.9 Å². The summed E-state index contributed by atoms with van der Waals surface area (Å²) >= 11 is 6.08. The minimum absolute atomic E-state index is 0.0189. The normalized spacial score (nSPS) is 15.3. The lowest BCUT2D eigenvalue weighted by Crippen LogP contribution is -2.41. The number of morpholine rings is 1. The lowest BCUT2D eigenvalue weighted by atomic mass is 10.2.